The summed E-state index contributed by atoms with van der Waals surface area (Å²) < 4.78 is 1.59. The van der Waals surface area contributed by atoms with Crippen molar-refractivity contribution < 1.29 is 14.7 Å². The van der Waals surface area contributed by atoms with Crippen molar-refractivity contribution in [2.24, 2.45) is 18.9 Å². The fourth-order valence-electron chi connectivity index (χ4n) is 2.64. The van der Waals surface area contributed by atoms with Crippen molar-refractivity contribution in [1.82, 2.24) is 15.1 Å². The molecular formula is C13H20N4O3. The van der Waals surface area contributed by atoms with Crippen LogP contribution >= 0.6 is 0 Å². The van der Waals surface area contributed by atoms with Gasteiger partial charge in [-0.2, -0.15) is 5.10 Å². The highest BCUT2D eigenvalue weighted by Crippen LogP contribution is 2.29. The molecule has 7 heteroatoms. The number of aryl methyl sites for hydroxylation is 1. The van der Waals surface area contributed by atoms with Gasteiger partial charge in [0.25, 0.3) is 0 Å². The van der Waals surface area contributed by atoms with Crippen LogP contribution in [0, 0.1) is 11.8 Å². The van der Waals surface area contributed by atoms with Gasteiger partial charge in [0.1, 0.15) is 0 Å². The number of carbonyl (C=O) groups excluding carboxylic acids is 1. The van der Waals surface area contributed by atoms with Crippen molar-refractivity contribution in [3.63, 3.8) is 0 Å². The first kappa shape index (κ1) is 14.4. The van der Waals surface area contributed by atoms with E-state index < -0.39 is 5.97 Å². The minimum absolute atomic E-state index is 0.00994. The van der Waals surface area contributed by atoms with E-state index in [2.05, 4.69) is 15.7 Å². The second-order valence-electron chi connectivity index (χ2n) is 5.20. The van der Waals surface area contributed by atoms with E-state index in [-0.39, 0.29) is 17.9 Å². The summed E-state index contributed by atoms with van der Waals surface area (Å²) in [5.74, 6) is -0.625. The number of urea groups is 1. The third-order valence-corrected chi connectivity index (χ3v) is 3.71. The van der Waals surface area contributed by atoms with Gasteiger partial charge in [0.05, 0.1) is 5.92 Å². The van der Waals surface area contributed by atoms with Crippen LogP contribution in [0.15, 0.2) is 12.3 Å². The average Bonchev–Trinajstić information content (AvgIpc) is 2.82. The number of aromatic nitrogens is 2. The van der Waals surface area contributed by atoms with Crippen LogP contribution in [0.4, 0.5) is 10.6 Å². The standard InChI is InChI=1S/C13H20N4O3/c1-17-7-6-11(16-17)15-13(20)14-8-9-4-2-3-5-10(9)12(18)19/h6-7,9-10H,2-5,8H2,1H3,(H,18,19)(H2,14,15,16,20). The molecule has 0 radical (unpaired) electrons. The summed E-state index contributed by atoms with van der Waals surface area (Å²) in [4.78, 5) is 22.9. The van der Waals surface area contributed by atoms with Gasteiger partial charge < -0.3 is 10.4 Å². The maximum Gasteiger partial charge on any atom is 0.320 e. The van der Waals surface area contributed by atoms with E-state index in [0.29, 0.717) is 18.8 Å². The molecule has 0 bridgehead atoms. The smallest absolute Gasteiger partial charge is 0.320 e. The molecule has 1 saturated carbocycles. The van der Waals surface area contributed by atoms with Crippen LogP contribution in [0.3, 0.4) is 0 Å². The predicted octanol–water partition coefficient (Wildman–Crippen LogP) is 1.43. The van der Waals surface area contributed by atoms with Crippen LogP contribution in [0.2, 0.25) is 0 Å². The molecule has 1 fully saturated rings. The number of aliphatic carboxylic acids is 1. The molecule has 1 aromatic heterocycles. The Morgan fingerprint density at radius 1 is 1.45 bits per heavy atom. The molecule has 1 heterocycles. The molecule has 1 aliphatic rings. The van der Waals surface area contributed by atoms with E-state index in [9.17, 15) is 14.7 Å². The lowest BCUT2D eigenvalue weighted by atomic mass is 9.79. The molecule has 2 unspecified atom stereocenters. The Morgan fingerprint density at radius 3 is 2.85 bits per heavy atom. The van der Waals surface area contributed by atoms with Crippen LogP contribution in [0.5, 0.6) is 0 Å². The Kier molecular flexibility index (Phi) is 4.60. The van der Waals surface area contributed by atoms with E-state index in [1.165, 1.54) is 0 Å². The Morgan fingerprint density at radius 2 is 2.20 bits per heavy atom. The third-order valence-electron chi connectivity index (χ3n) is 3.71. The minimum Gasteiger partial charge on any atom is -0.481 e. The maximum absolute atomic E-state index is 11.7. The molecule has 3 N–H and O–H groups in total. The zero-order valence-corrected chi connectivity index (χ0v) is 11.5. The van der Waals surface area contributed by atoms with Gasteiger partial charge in [0.2, 0.25) is 0 Å². The Balaban J connectivity index is 1.81. The number of carboxylic acid groups (broad SMARTS) is 1. The highest BCUT2D eigenvalue weighted by Gasteiger charge is 2.30. The van der Waals surface area contributed by atoms with Crippen molar-refractivity contribution in [2.45, 2.75) is 25.7 Å². The number of rotatable bonds is 4. The first-order valence-electron chi connectivity index (χ1n) is 6.83. The van der Waals surface area contributed by atoms with E-state index >= 15 is 0 Å². The Bertz CT molecular complexity index is 486. The molecule has 1 aliphatic carbocycles. The molecule has 20 heavy (non-hydrogen) atoms. The van der Waals surface area contributed by atoms with E-state index in [4.69, 9.17) is 0 Å². The van der Waals surface area contributed by atoms with Crippen LogP contribution in [-0.2, 0) is 11.8 Å². The van der Waals surface area contributed by atoms with Gasteiger partial charge in [0.15, 0.2) is 5.82 Å². The van der Waals surface area contributed by atoms with Crippen LogP contribution in [0.1, 0.15) is 25.7 Å². The lowest BCUT2D eigenvalue weighted by Crippen LogP contribution is -2.39. The lowest BCUT2D eigenvalue weighted by Gasteiger charge is -2.28. The van der Waals surface area contributed by atoms with E-state index in [0.717, 1.165) is 19.3 Å². The zero-order chi connectivity index (χ0) is 14.5. The fraction of sp³-hybridized carbons (Fsp3) is 0.615. The summed E-state index contributed by atoms with van der Waals surface area (Å²) in [6.07, 6.45) is 5.26. The number of carboxylic acids is 1. The summed E-state index contributed by atoms with van der Waals surface area (Å²) >= 11 is 0. The average molecular weight is 280 g/mol. The second kappa shape index (κ2) is 6.40. The Labute approximate surface area is 117 Å². The van der Waals surface area contributed by atoms with Crippen molar-refractivity contribution in [3.05, 3.63) is 12.3 Å². The predicted molar refractivity (Wildman–Crippen MR) is 73.3 cm³/mol. The normalized spacial score (nSPS) is 22.2. The quantitative estimate of drug-likeness (QED) is 0.777. The van der Waals surface area contributed by atoms with Crippen molar-refractivity contribution in [3.8, 4) is 0 Å². The van der Waals surface area contributed by atoms with Gasteiger partial charge in [-0.05, 0) is 18.8 Å². The maximum atomic E-state index is 11.7. The number of nitrogens with one attached hydrogen (secondary N) is 2. The van der Waals surface area contributed by atoms with Gasteiger partial charge in [-0.25, -0.2) is 4.79 Å². The molecule has 0 saturated heterocycles. The van der Waals surface area contributed by atoms with Crippen molar-refractivity contribution in [2.75, 3.05) is 11.9 Å². The summed E-state index contributed by atoms with van der Waals surface area (Å²) in [5.41, 5.74) is 0. The van der Waals surface area contributed by atoms with Crippen LogP contribution < -0.4 is 10.6 Å². The van der Waals surface area contributed by atoms with Gasteiger partial charge in [-0.1, -0.05) is 12.8 Å². The highest BCUT2D eigenvalue weighted by molar-refractivity contribution is 5.88. The van der Waals surface area contributed by atoms with E-state index in [1.807, 2.05) is 0 Å². The number of nitrogens with zero attached hydrogens (tertiary/aromatic N) is 2. The largest absolute Gasteiger partial charge is 0.481 e. The number of carbonyl (C=O) groups is 2. The SMILES string of the molecule is Cn1ccc(NC(=O)NCC2CCCCC2C(=O)O)n1. The van der Waals surface area contributed by atoms with Gasteiger partial charge in [-0.15, -0.1) is 0 Å². The van der Waals surface area contributed by atoms with Gasteiger partial charge >= 0.3 is 12.0 Å². The molecule has 1 aromatic rings. The van der Waals surface area contributed by atoms with Gasteiger partial charge in [0, 0.05) is 25.9 Å². The van der Waals surface area contributed by atoms with Crippen molar-refractivity contribution in [1.29, 1.82) is 0 Å². The van der Waals surface area contributed by atoms with Gasteiger partial charge in [-0.3, -0.25) is 14.8 Å². The molecule has 110 valence electrons. The number of hydrogen-bond donors (Lipinski definition) is 3. The first-order valence-corrected chi connectivity index (χ1v) is 6.83. The summed E-state index contributed by atoms with van der Waals surface area (Å²) in [6.45, 7) is 0.385. The molecule has 7 nitrogen and oxygen atoms in total. The molecule has 2 rings (SSSR count). The molecule has 0 spiro atoms. The highest BCUT2D eigenvalue weighted by atomic mass is 16.4. The second-order valence-corrected chi connectivity index (χ2v) is 5.20. The molecule has 0 aromatic carbocycles. The Hall–Kier alpha value is -2.05. The number of hydrogen-bond acceptors (Lipinski definition) is 3. The summed E-state index contributed by atoms with van der Waals surface area (Å²) in [6, 6.07) is 1.35. The first-order chi connectivity index (χ1) is 9.56. The summed E-state index contributed by atoms with van der Waals surface area (Å²) in [7, 11) is 1.77. The zero-order valence-electron chi connectivity index (χ0n) is 11.5. The van der Waals surface area contributed by atoms with E-state index in [1.54, 1.807) is 24.0 Å². The monoisotopic (exact) mass is 280 g/mol. The molecule has 2 atom stereocenters. The van der Waals surface area contributed by atoms with Crippen LogP contribution in [0.25, 0.3) is 0 Å². The number of anilines is 1. The minimum atomic E-state index is -0.762. The summed E-state index contributed by atoms with van der Waals surface area (Å²) in [5, 5.41) is 18.6. The molecular weight excluding hydrogens is 260 g/mol. The molecule has 2 amide bonds. The lowest BCUT2D eigenvalue weighted by molar-refractivity contribution is -0.144. The fourth-order valence-corrected chi connectivity index (χ4v) is 2.64. The topological polar surface area (TPSA) is 96.2 Å². The molecule has 0 aliphatic heterocycles. The van der Waals surface area contributed by atoms with Crippen molar-refractivity contribution >= 4 is 17.8 Å². The third kappa shape index (κ3) is 3.72. The van der Waals surface area contributed by atoms with Crippen LogP contribution in [-0.4, -0.2) is 33.4 Å². The number of amides is 2.